The van der Waals surface area contributed by atoms with Gasteiger partial charge < -0.3 is 21.3 Å². The molecule has 0 saturated carbocycles. The van der Waals surface area contributed by atoms with E-state index in [0.29, 0.717) is 0 Å². The molecule has 0 aliphatic heterocycles. The SMILES string of the molecule is C=O.C=O.C=O.[CH2-]CCCC.[Mn]. The summed E-state index contributed by atoms with van der Waals surface area (Å²) in [5.41, 5.74) is 0. The van der Waals surface area contributed by atoms with Crippen LogP contribution >= 0.6 is 0 Å². The maximum atomic E-state index is 8.00. The van der Waals surface area contributed by atoms with Crippen molar-refractivity contribution < 1.29 is 31.5 Å². The Morgan fingerprint density at radius 3 is 1.25 bits per heavy atom. The van der Waals surface area contributed by atoms with E-state index in [9.17, 15) is 0 Å². The molecule has 0 heterocycles. The monoisotopic (exact) mass is 216 g/mol. The fourth-order valence-corrected chi connectivity index (χ4v) is 0.250. The molecule has 0 rings (SSSR count). The average molecular weight is 216 g/mol. The molecular weight excluding hydrogens is 199 g/mol. The van der Waals surface area contributed by atoms with Crippen LogP contribution in [0.15, 0.2) is 0 Å². The van der Waals surface area contributed by atoms with E-state index in [1.165, 1.54) is 12.8 Å². The molecule has 0 aliphatic carbocycles. The number of unbranched alkanes of at least 4 members (excludes halogenated alkanes) is 2. The summed E-state index contributed by atoms with van der Waals surface area (Å²) in [7, 11) is 0. The van der Waals surface area contributed by atoms with Crippen molar-refractivity contribution in [1.82, 2.24) is 0 Å². The molecule has 4 heteroatoms. The number of hydrogen-bond acceptors (Lipinski definition) is 3. The van der Waals surface area contributed by atoms with Crippen molar-refractivity contribution in [2.45, 2.75) is 26.2 Å². The van der Waals surface area contributed by atoms with Crippen molar-refractivity contribution in [3.8, 4) is 0 Å². The van der Waals surface area contributed by atoms with Crippen molar-refractivity contribution >= 4 is 20.4 Å². The van der Waals surface area contributed by atoms with E-state index in [0.717, 1.165) is 6.42 Å². The summed E-state index contributed by atoms with van der Waals surface area (Å²) in [6.45, 7) is 11.8. The van der Waals surface area contributed by atoms with Crippen LogP contribution in [0.5, 0.6) is 0 Å². The third-order valence-electron chi connectivity index (χ3n) is 0.604. The second-order valence-electron chi connectivity index (χ2n) is 1.21. The van der Waals surface area contributed by atoms with E-state index in [1.807, 2.05) is 20.4 Å². The standard InChI is InChI=1S/C5H11.3CH2O.Mn/c1-3-5-4-2;3*1-2;/h1,3-5H2,2H3;3*1H2;/q-1;;;;. The quantitative estimate of drug-likeness (QED) is 0.518. The molecule has 0 spiro atoms. The Hall–Kier alpha value is -0.471. The van der Waals surface area contributed by atoms with Gasteiger partial charge in [-0.25, -0.2) is 0 Å². The molecule has 0 atom stereocenters. The molecule has 0 amide bonds. The van der Waals surface area contributed by atoms with E-state index < -0.39 is 0 Å². The summed E-state index contributed by atoms with van der Waals surface area (Å²) < 4.78 is 0. The van der Waals surface area contributed by atoms with Crippen LogP contribution in [0.2, 0.25) is 0 Å². The molecule has 0 aromatic rings. The predicted octanol–water partition coefficient (Wildman–Crippen LogP) is 1.45. The van der Waals surface area contributed by atoms with Gasteiger partial charge in [0.15, 0.2) is 0 Å². The molecule has 0 aromatic carbocycles. The summed E-state index contributed by atoms with van der Waals surface area (Å²) in [6, 6.07) is 0. The number of carbonyl (C=O) groups excluding carboxylic acids is 3. The van der Waals surface area contributed by atoms with E-state index >= 15 is 0 Å². The Kier molecular flexibility index (Phi) is 373. The van der Waals surface area contributed by atoms with Crippen molar-refractivity contribution in [2.24, 2.45) is 0 Å². The zero-order valence-corrected chi connectivity index (χ0v) is 8.73. The Morgan fingerprint density at radius 2 is 1.25 bits per heavy atom. The Balaban J connectivity index is -0.0000000203. The zero-order chi connectivity index (χ0) is 10.1. The van der Waals surface area contributed by atoms with Crippen LogP contribution in [0.3, 0.4) is 0 Å². The maximum Gasteiger partial charge on any atom is 0.106 e. The van der Waals surface area contributed by atoms with Gasteiger partial charge in [0.2, 0.25) is 0 Å². The molecule has 3 nitrogen and oxygen atoms in total. The normalized spacial score (nSPS) is 4.50. The fourth-order valence-electron chi connectivity index (χ4n) is 0.250. The minimum atomic E-state index is 0. The van der Waals surface area contributed by atoms with Crippen LogP contribution in [0.4, 0.5) is 0 Å². The van der Waals surface area contributed by atoms with Crippen LogP contribution in [0.25, 0.3) is 0 Å². The average Bonchev–Trinajstić information content (AvgIpc) is 2.16. The molecule has 0 bridgehead atoms. The van der Waals surface area contributed by atoms with Gasteiger partial charge in [-0.1, -0.05) is 19.8 Å². The number of hydrogen-bond donors (Lipinski definition) is 0. The second kappa shape index (κ2) is 149. The molecule has 0 unspecified atom stereocenters. The molecule has 0 aliphatic rings. The van der Waals surface area contributed by atoms with E-state index in [1.54, 1.807) is 0 Å². The summed E-state index contributed by atoms with van der Waals surface area (Å²) >= 11 is 0. The second-order valence-corrected chi connectivity index (χ2v) is 1.21. The first-order chi connectivity index (χ1) is 5.41. The van der Waals surface area contributed by atoms with Gasteiger partial charge in [-0.3, -0.25) is 0 Å². The third-order valence-corrected chi connectivity index (χ3v) is 0.604. The molecule has 12 heavy (non-hydrogen) atoms. The number of carbonyl (C=O) groups is 3. The third kappa shape index (κ3) is 296. The van der Waals surface area contributed by atoms with Gasteiger partial charge in [-0.2, -0.15) is 6.42 Å². The molecule has 0 N–H and O–H groups in total. The number of rotatable bonds is 2. The van der Waals surface area contributed by atoms with Gasteiger partial charge >= 0.3 is 0 Å². The van der Waals surface area contributed by atoms with Gasteiger partial charge in [0.05, 0.1) is 0 Å². The van der Waals surface area contributed by atoms with Crippen LogP contribution in [0.1, 0.15) is 26.2 Å². The van der Waals surface area contributed by atoms with Crippen molar-refractivity contribution in [3.05, 3.63) is 6.92 Å². The molecule has 0 aromatic heterocycles. The zero-order valence-electron chi connectivity index (χ0n) is 7.55. The van der Waals surface area contributed by atoms with Gasteiger partial charge in [-0.15, -0.1) is 0 Å². The van der Waals surface area contributed by atoms with Gasteiger partial charge in [0.25, 0.3) is 0 Å². The first-order valence-corrected chi connectivity index (χ1v) is 3.07. The Morgan fingerprint density at radius 1 is 1.00 bits per heavy atom. The van der Waals surface area contributed by atoms with Crippen molar-refractivity contribution in [2.75, 3.05) is 0 Å². The van der Waals surface area contributed by atoms with Gasteiger partial charge in [-0.05, 0) is 0 Å². The smallest absolute Gasteiger partial charge is 0.106 e. The molecule has 75 valence electrons. The Labute approximate surface area is 85.4 Å². The van der Waals surface area contributed by atoms with Crippen LogP contribution in [-0.4, -0.2) is 20.4 Å². The predicted molar refractivity (Wildman–Crippen MR) is 46.2 cm³/mol. The molecule has 0 saturated heterocycles. The largest absolute Gasteiger partial charge is 0.343 e. The summed E-state index contributed by atoms with van der Waals surface area (Å²) in [5, 5.41) is 0. The van der Waals surface area contributed by atoms with Crippen LogP contribution in [-0.2, 0) is 31.5 Å². The summed E-state index contributed by atoms with van der Waals surface area (Å²) in [6.07, 6.45) is 3.65. The van der Waals surface area contributed by atoms with E-state index in [-0.39, 0.29) is 17.1 Å². The summed E-state index contributed by atoms with van der Waals surface area (Å²) in [4.78, 5) is 24.0. The molecular formula is C8H17MnO3-. The fraction of sp³-hybridized carbons (Fsp3) is 0.500. The molecule has 0 fully saturated rings. The summed E-state index contributed by atoms with van der Waals surface area (Å²) in [5.74, 6) is 0. The van der Waals surface area contributed by atoms with Gasteiger partial charge in [0, 0.05) is 17.1 Å². The maximum absolute atomic E-state index is 8.00. The minimum Gasteiger partial charge on any atom is -0.343 e. The first-order valence-electron chi connectivity index (χ1n) is 3.07. The first kappa shape index (κ1) is 30.0. The van der Waals surface area contributed by atoms with E-state index in [2.05, 4.69) is 13.8 Å². The van der Waals surface area contributed by atoms with Crippen LogP contribution < -0.4 is 0 Å². The Bertz CT molecular complexity index is 38.5. The topological polar surface area (TPSA) is 51.2 Å². The van der Waals surface area contributed by atoms with Crippen molar-refractivity contribution in [1.29, 1.82) is 0 Å². The van der Waals surface area contributed by atoms with Crippen molar-refractivity contribution in [3.63, 3.8) is 0 Å². The molecule has 1 radical (unpaired) electrons. The van der Waals surface area contributed by atoms with E-state index in [4.69, 9.17) is 14.4 Å². The minimum absolute atomic E-state index is 0. The van der Waals surface area contributed by atoms with Crippen LogP contribution in [0, 0.1) is 6.92 Å². The van der Waals surface area contributed by atoms with Gasteiger partial charge in [0.1, 0.15) is 20.4 Å².